The van der Waals surface area contributed by atoms with Crippen molar-refractivity contribution in [2.45, 2.75) is 18.9 Å². The zero-order valence-corrected chi connectivity index (χ0v) is 5.11. The van der Waals surface area contributed by atoms with Gasteiger partial charge in [0, 0.05) is 0 Å². The molecule has 0 aromatic heterocycles. The van der Waals surface area contributed by atoms with E-state index in [9.17, 15) is 0 Å². The Hall–Kier alpha value is 0.250. The molecule has 1 aliphatic heterocycles. The smallest absolute Gasteiger partial charge is 0.131 e. The maximum absolute atomic E-state index is 5.58. The number of ether oxygens (including phenoxy) is 1. The van der Waals surface area contributed by atoms with Crippen LogP contribution < -0.4 is 0 Å². The van der Waals surface area contributed by atoms with Crippen LogP contribution in [-0.2, 0) is 4.74 Å². The number of alkyl halides is 1. The molecule has 0 aliphatic carbocycles. The first-order valence-electron chi connectivity index (χ1n) is 2.54. The molecule has 0 radical (unpaired) electrons. The average Bonchev–Trinajstić information content (AvgIpc) is 1.87. The summed E-state index contributed by atoms with van der Waals surface area (Å²) in [6.07, 6.45) is 1.02. The van der Waals surface area contributed by atoms with Crippen LogP contribution in [0.1, 0.15) is 13.3 Å². The van der Waals surface area contributed by atoms with Crippen molar-refractivity contribution in [1.29, 1.82) is 0 Å². The first-order chi connectivity index (χ1) is 3.29. The van der Waals surface area contributed by atoms with Crippen LogP contribution in [0.5, 0.6) is 0 Å². The predicted molar refractivity (Wildman–Crippen MR) is 29.4 cm³/mol. The quantitative estimate of drug-likeness (QED) is 0.442. The van der Waals surface area contributed by atoms with Gasteiger partial charge in [0.15, 0.2) is 0 Å². The van der Waals surface area contributed by atoms with Crippen molar-refractivity contribution >= 4 is 11.6 Å². The second-order valence-corrected chi connectivity index (χ2v) is 2.57. The normalized spacial score (nSPS) is 42.0. The minimum atomic E-state index is -0.00463. The van der Waals surface area contributed by atoms with E-state index < -0.39 is 0 Å². The van der Waals surface area contributed by atoms with Crippen molar-refractivity contribution in [2.24, 2.45) is 5.92 Å². The van der Waals surface area contributed by atoms with Gasteiger partial charge in [-0.05, 0) is 12.3 Å². The second kappa shape index (κ2) is 2.01. The molecule has 0 amide bonds. The molecule has 0 spiro atoms. The molecule has 1 rings (SSSR count). The molecule has 7 heavy (non-hydrogen) atoms. The van der Waals surface area contributed by atoms with Crippen LogP contribution in [0.15, 0.2) is 0 Å². The van der Waals surface area contributed by atoms with Gasteiger partial charge in [-0.1, -0.05) is 18.5 Å². The summed E-state index contributed by atoms with van der Waals surface area (Å²) in [6.45, 7) is 2.98. The molecule has 1 heterocycles. The molecule has 2 unspecified atom stereocenters. The molecule has 2 heteroatoms. The van der Waals surface area contributed by atoms with Gasteiger partial charge in [-0.15, -0.1) is 0 Å². The molecule has 2 atom stereocenters. The molecule has 1 nitrogen and oxygen atoms in total. The van der Waals surface area contributed by atoms with E-state index in [1.807, 2.05) is 0 Å². The van der Waals surface area contributed by atoms with Crippen molar-refractivity contribution in [2.75, 3.05) is 6.61 Å². The summed E-state index contributed by atoms with van der Waals surface area (Å²) < 4.78 is 5.03. The summed E-state index contributed by atoms with van der Waals surface area (Å²) in [4.78, 5) is 0. The lowest BCUT2D eigenvalue weighted by atomic mass is 10.2. The highest BCUT2D eigenvalue weighted by molar-refractivity contribution is 6.19. The van der Waals surface area contributed by atoms with E-state index in [0.29, 0.717) is 5.92 Å². The molecule has 0 bridgehead atoms. The molecule has 0 aromatic rings. The minimum Gasteiger partial charge on any atom is -0.362 e. The number of rotatable bonds is 0. The van der Waals surface area contributed by atoms with Gasteiger partial charge in [0.2, 0.25) is 0 Å². The molecule has 1 aliphatic rings. The maximum atomic E-state index is 5.58. The Morgan fingerprint density at radius 3 is 2.57 bits per heavy atom. The highest BCUT2D eigenvalue weighted by atomic mass is 35.5. The largest absolute Gasteiger partial charge is 0.362 e. The summed E-state index contributed by atoms with van der Waals surface area (Å²) in [5.41, 5.74) is -0.00463. The Morgan fingerprint density at radius 2 is 2.43 bits per heavy atom. The average molecular weight is 121 g/mol. The predicted octanol–water partition coefficient (Wildman–Crippen LogP) is 1.61. The van der Waals surface area contributed by atoms with Gasteiger partial charge < -0.3 is 4.74 Å². The van der Waals surface area contributed by atoms with Gasteiger partial charge in [0.25, 0.3) is 0 Å². The second-order valence-electron chi connectivity index (χ2n) is 2.08. The Morgan fingerprint density at radius 1 is 1.71 bits per heavy atom. The van der Waals surface area contributed by atoms with Crippen LogP contribution in [0, 0.1) is 5.92 Å². The monoisotopic (exact) mass is 120 g/mol. The van der Waals surface area contributed by atoms with Crippen LogP contribution >= 0.6 is 11.6 Å². The van der Waals surface area contributed by atoms with Crippen LogP contribution in [-0.4, -0.2) is 12.2 Å². The Labute approximate surface area is 48.6 Å². The zero-order chi connectivity index (χ0) is 5.28. The highest BCUT2D eigenvalue weighted by Crippen LogP contribution is 2.20. The van der Waals surface area contributed by atoms with E-state index in [0.717, 1.165) is 13.0 Å². The van der Waals surface area contributed by atoms with E-state index >= 15 is 0 Å². The third-order valence-electron chi connectivity index (χ3n) is 1.15. The standard InChI is InChI=1S/C5H9ClO/c1-4-2-5(6)7-3-4/h4-5H,2-3H2,1H3. The van der Waals surface area contributed by atoms with Crippen LogP contribution in [0.2, 0.25) is 0 Å². The summed E-state index contributed by atoms with van der Waals surface area (Å²) in [5.74, 6) is 0.669. The van der Waals surface area contributed by atoms with E-state index in [1.165, 1.54) is 0 Å². The lowest BCUT2D eigenvalue weighted by Crippen LogP contribution is -1.89. The Bertz CT molecular complexity index is 57.1. The lowest BCUT2D eigenvalue weighted by Gasteiger charge is -1.91. The molecule has 0 aromatic carbocycles. The van der Waals surface area contributed by atoms with Crippen molar-refractivity contribution in [1.82, 2.24) is 0 Å². The maximum Gasteiger partial charge on any atom is 0.131 e. The van der Waals surface area contributed by atoms with Gasteiger partial charge in [0.05, 0.1) is 6.61 Å². The Kier molecular flexibility index (Phi) is 1.55. The summed E-state index contributed by atoms with van der Waals surface area (Å²) in [7, 11) is 0. The fraction of sp³-hybridized carbons (Fsp3) is 1.00. The molecule has 0 N–H and O–H groups in total. The fourth-order valence-electron chi connectivity index (χ4n) is 0.721. The van der Waals surface area contributed by atoms with Gasteiger partial charge in [-0.25, -0.2) is 0 Å². The van der Waals surface area contributed by atoms with E-state index in [-0.39, 0.29) is 5.56 Å². The first kappa shape index (κ1) is 5.39. The van der Waals surface area contributed by atoms with Gasteiger partial charge >= 0.3 is 0 Å². The van der Waals surface area contributed by atoms with Crippen molar-refractivity contribution in [3.8, 4) is 0 Å². The lowest BCUT2D eigenvalue weighted by molar-refractivity contribution is 0.161. The third kappa shape index (κ3) is 1.32. The number of hydrogen-bond acceptors (Lipinski definition) is 1. The van der Waals surface area contributed by atoms with Crippen molar-refractivity contribution in [3.63, 3.8) is 0 Å². The van der Waals surface area contributed by atoms with Crippen LogP contribution in [0.25, 0.3) is 0 Å². The summed E-state index contributed by atoms with van der Waals surface area (Å²) >= 11 is 5.58. The van der Waals surface area contributed by atoms with Crippen molar-refractivity contribution in [3.05, 3.63) is 0 Å². The molecule has 1 fully saturated rings. The fourth-order valence-corrected chi connectivity index (χ4v) is 1.10. The van der Waals surface area contributed by atoms with Gasteiger partial charge in [-0.3, -0.25) is 0 Å². The van der Waals surface area contributed by atoms with Gasteiger partial charge in [0.1, 0.15) is 5.56 Å². The summed E-state index contributed by atoms with van der Waals surface area (Å²) in [5, 5.41) is 0. The van der Waals surface area contributed by atoms with Crippen LogP contribution in [0.3, 0.4) is 0 Å². The highest BCUT2D eigenvalue weighted by Gasteiger charge is 2.18. The van der Waals surface area contributed by atoms with Crippen LogP contribution in [0.4, 0.5) is 0 Å². The SMILES string of the molecule is CC1COC(Cl)C1. The molecular formula is C5H9ClO. The molecule has 1 saturated heterocycles. The summed E-state index contributed by atoms with van der Waals surface area (Å²) in [6, 6.07) is 0. The van der Waals surface area contributed by atoms with E-state index in [2.05, 4.69) is 6.92 Å². The van der Waals surface area contributed by atoms with E-state index in [1.54, 1.807) is 0 Å². The molecule has 0 saturated carbocycles. The molecular weight excluding hydrogens is 112 g/mol. The number of halogens is 1. The molecule has 42 valence electrons. The first-order valence-corrected chi connectivity index (χ1v) is 2.98. The topological polar surface area (TPSA) is 9.23 Å². The Balaban J connectivity index is 2.26. The number of hydrogen-bond donors (Lipinski definition) is 0. The zero-order valence-electron chi connectivity index (χ0n) is 4.36. The minimum absolute atomic E-state index is 0.00463. The van der Waals surface area contributed by atoms with E-state index in [4.69, 9.17) is 16.3 Å². The third-order valence-corrected chi connectivity index (χ3v) is 1.45. The van der Waals surface area contributed by atoms with Gasteiger partial charge in [-0.2, -0.15) is 0 Å². The van der Waals surface area contributed by atoms with Crippen molar-refractivity contribution < 1.29 is 4.74 Å².